The maximum Gasteiger partial charge on any atom is 0.408 e. The Hall–Kier alpha value is -3.35. The first kappa shape index (κ1) is 28.2. The molecule has 7 nitrogen and oxygen atoms in total. The zero-order valence-corrected chi connectivity index (χ0v) is 23.4. The molecule has 0 spiro atoms. The van der Waals surface area contributed by atoms with Gasteiger partial charge in [-0.25, -0.2) is 4.79 Å². The van der Waals surface area contributed by atoms with Crippen LogP contribution in [0.25, 0.3) is 0 Å². The molecule has 0 aromatic heterocycles. The van der Waals surface area contributed by atoms with Crippen molar-refractivity contribution in [2.24, 2.45) is 0 Å². The third-order valence-electron chi connectivity index (χ3n) is 6.64. The molecule has 2 atom stereocenters. The van der Waals surface area contributed by atoms with E-state index >= 15 is 0 Å². The van der Waals surface area contributed by atoms with Gasteiger partial charge < -0.3 is 20.3 Å². The first-order chi connectivity index (χ1) is 17.3. The van der Waals surface area contributed by atoms with E-state index in [1.165, 1.54) is 0 Å². The average Bonchev–Trinajstić information content (AvgIpc) is 2.72. The fourth-order valence-electron chi connectivity index (χ4n) is 4.76. The quantitative estimate of drug-likeness (QED) is 0.489. The standard InChI is InChI=1S/C30H41N3O4/c1-18-15-19(2)17-23(16-18)26(27(34)32-25-20(3)11-9-12-21(25)4)33(24-13-10-14-24)28(35)22(5)31-29(36)37-30(6,7)8/h9,11-12,15-17,22,24,26H,10,13-14H2,1-8H3,(H,31,36)(H,32,34). The summed E-state index contributed by atoms with van der Waals surface area (Å²) in [6.07, 6.45) is 1.94. The average molecular weight is 508 g/mol. The number of ether oxygens (including phenoxy) is 1. The predicted molar refractivity (Wildman–Crippen MR) is 147 cm³/mol. The van der Waals surface area contributed by atoms with Gasteiger partial charge in [0.2, 0.25) is 5.91 Å². The van der Waals surface area contributed by atoms with Crippen molar-refractivity contribution < 1.29 is 19.1 Å². The van der Waals surface area contributed by atoms with Crippen LogP contribution in [0.5, 0.6) is 0 Å². The van der Waals surface area contributed by atoms with Crippen molar-refractivity contribution in [1.82, 2.24) is 10.2 Å². The molecule has 37 heavy (non-hydrogen) atoms. The lowest BCUT2D eigenvalue weighted by molar-refractivity contribution is -0.145. The topological polar surface area (TPSA) is 87.7 Å². The van der Waals surface area contributed by atoms with Gasteiger partial charge in [0.05, 0.1) is 0 Å². The minimum absolute atomic E-state index is 0.0927. The van der Waals surface area contributed by atoms with Gasteiger partial charge in [-0.15, -0.1) is 0 Å². The summed E-state index contributed by atoms with van der Waals surface area (Å²) in [5.41, 5.74) is 4.76. The highest BCUT2D eigenvalue weighted by Crippen LogP contribution is 2.35. The highest BCUT2D eigenvalue weighted by molar-refractivity contribution is 6.00. The van der Waals surface area contributed by atoms with Crippen LogP contribution in [0, 0.1) is 27.7 Å². The lowest BCUT2D eigenvalue weighted by Crippen LogP contribution is -2.56. The van der Waals surface area contributed by atoms with Crippen LogP contribution >= 0.6 is 0 Å². The first-order valence-electron chi connectivity index (χ1n) is 13.0. The van der Waals surface area contributed by atoms with E-state index < -0.39 is 23.8 Å². The number of benzene rings is 2. The molecule has 0 saturated heterocycles. The molecule has 3 rings (SSSR count). The summed E-state index contributed by atoms with van der Waals surface area (Å²) in [7, 11) is 0. The van der Waals surface area contributed by atoms with E-state index in [1.807, 2.05) is 64.1 Å². The SMILES string of the molecule is Cc1cc(C)cc(C(C(=O)Nc2c(C)cccc2C)N(C(=O)C(C)NC(=O)OC(C)(C)C)C2CCC2)c1. The number of nitrogens with zero attached hydrogens (tertiary/aromatic N) is 1. The highest BCUT2D eigenvalue weighted by atomic mass is 16.6. The van der Waals surface area contributed by atoms with Crippen molar-refractivity contribution in [3.05, 3.63) is 64.2 Å². The molecule has 2 unspecified atom stereocenters. The van der Waals surface area contributed by atoms with Crippen LogP contribution in [-0.4, -0.2) is 40.5 Å². The molecule has 2 aromatic carbocycles. The van der Waals surface area contributed by atoms with Crippen molar-refractivity contribution in [3.63, 3.8) is 0 Å². The first-order valence-corrected chi connectivity index (χ1v) is 13.0. The number of hydrogen-bond acceptors (Lipinski definition) is 4. The minimum atomic E-state index is -0.864. The molecule has 0 heterocycles. The Balaban J connectivity index is 2.01. The van der Waals surface area contributed by atoms with Gasteiger partial charge in [-0.05, 0) is 91.3 Å². The van der Waals surface area contributed by atoms with Gasteiger partial charge in [0.1, 0.15) is 17.7 Å². The maximum absolute atomic E-state index is 14.0. The van der Waals surface area contributed by atoms with Crippen molar-refractivity contribution >= 4 is 23.6 Å². The molecular formula is C30H41N3O4. The summed E-state index contributed by atoms with van der Waals surface area (Å²) in [5.74, 6) is -0.580. The van der Waals surface area contributed by atoms with E-state index in [-0.39, 0.29) is 17.9 Å². The summed E-state index contributed by atoms with van der Waals surface area (Å²) in [6, 6.07) is 10.0. The van der Waals surface area contributed by atoms with Crippen LogP contribution in [0.4, 0.5) is 10.5 Å². The summed E-state index contributed by atoms with van der Waals surface area (Å²) in [6.45, 7) is 14.8. The van der Waals surface area contributed by atoms with Gasteiger partial charge in [-0.1, -0.05) is 47.5 Å². The van der Waals surface area contributed by atoms with E-state index in [0.717, 1.165) is 52.8 Å². The van der Waals surface area contributed by atoms with Gasteiger partial charge in [-0.3, -0.25) is 9.59 Å². The van der Waals surface area contributed by atoms with Crippen LogP contribution in [0.2, 0.25) is 0 Å². The Morgan fingerprint density at radius 2 is 1.54 bits per heavy atom. The number of para-hydroxylation sites is 1. The smallest absolute Gasteiger partial charge is 0.408 e. The zero-order valence-electron chi connectivity index (χ0n) is 23.4. The van der Waals surface area contributed by atoms with Crippen LogP contribution < -0.4 is 10.6 Å². The Labute approximate surface area is 221 Å². The number of carbonyl (C=O) groups is 3. The van der Waals surface area contributed by atoms with Crippen molar-refractivity contribution in [3.8, 4) is 0 Å². The molecule has 1 fully saturated rings. The normalized spacial score (nSPS) is 15.2. The Bertz CT molecular complexity index is 1120. The predicted octanol–water partition coefficient (Wildman–Crippen LogP) is 5.89. The summed E-state index contributed by atoms with van der Waals surface area (Å²) in [4.78, 5) is 42.1. The molecule has 1 aliphatic carbocycles. The monoisotopic (exact) mass is 507 g/mol. The number of carbonyl (C=O) groups excluding carboxylic acids is 3. The lowest BCUT2D eigenvalue weighted by atomic mass is 9.87. The van der Waals surface area contributed by atoms with E-state index in [4.69, 9.17) is 4.74 Å². The van der Waals surface area contributed by atoms with E-state index in [1.54, 1.807) is 32.6 Å². The van der Waals surface area contributed by atoms with Gasteiger partial charge in [0.15, 0.2) is 0 Å². The molecule has 0 radical (unpaired) electrons. The third-order valence-corrected chi connectivity index (χ3v) is 6.64. The lowest BCUT2D eigenvalue weighted by Gasteiger charge is -2.43. The van der Waals surface area contributed by atoms with Gasteiger partial charge in [-0.2, -0.15) is 0 Å². The molecule has 2 aromatic rings. The van der Waals surface area contributed by atoms with E-state index in [0.29, 0.717) is 0 Å². The third kappa shape index (κ3) is 7.12. The number of hydrogen-bond donors (Lipinski definition) is 2. The fourth-order valence-corrected chi connectivity index (χ4v) is 4.76. The van der Waals surface area contributed by atoms with Gasteiger partial charge in [0.25, 0.3) is 5.91 Å². The van der Waals surface area contributed by atoms with Crippen molar-refractivity contribution in [2.75, 3.05) is 5.32 Å². The Kier molecular flexibility index (Phi) is 8.67. The van der Waals surface area contributed by atoms with E-state index in [2.05, 4.69) is 10.6 Å². The van der Waals surface area contributed by atoms with Crippen molar-refractivity contribution in [1.29, 1.82) is 0 Å². The molecule has 3 amide bonds. The van der Waals surface area contributed by atoms with Crippen LogP contribution in [0.3, 0.4) is 0 Å². The number of amides is 3. The molecule has 0 bridgehead atoms. The molecule has 0 aliphatic heterocycles. The highest BCUT2D eigenvalue weighted by Gasteiger charge is 2.41. The molecule has 7 heteroatoms. The van der Waals surface area contributed by atoms with Gasteiger partial charge in [0, 0.05) is 11.7 Å². The zero-order chi connectivity index (χ0) is 27.5. The number of nitrogens with one attached hydrogen (secondary N) is 2. The minimum Gasteiger partial charge on any atom is -0.444 e. The van der Waals surface area contributed by atoms with Gasteiger partial charge >= 0.3 is 6.09 Å². The summed E-state index contributed by atoms with van der Waals surface area (Å²) >= 11 is 0. The summed E-state index contributed by atoms with van der Waals surface area (Å²) in [5, 5.41) is 5.79. The number of aryl methyl sites for hydroxylation is 4. The molecule has 2 N–H and O–H groups in total. The number of alkyl carbamates (subject to hydrolysis) is 1. The maximum atomic E-state index is 14.0. The second kappa shape index (κ2) is 11.4. The molecule has 1 saturated carbocycles. The Morgan fingerprint density at radius 1 is 0.973 bits per heavy atom. The second-order valence-corrected chi connectivity index (χ2v) is 11.3. The molecule has 200 valence electrons. The number of rotatable bonds is 7. The summed E-state index contributed by atoms with van der Waals surface area (Å²) < 4.78 is 5.37. The van der Waals surface area contributed by atoms with Crippen molar-refractivity contribution in [2.45, 2.75) is 98.4 Å². The largest absolute Gasteiger partial charge is 0.444 e. The second-order valence-electron chi connectivity index (χ2n) is 11.3. The molecular weight excluding hydrogens is 466 g/mol. The van der Waals surface area contributed by atoms with Crippen LogP contribution in [0.15, 0.2) is 36.4 Å². The Morgan fingerprint density at radius 3 is 2.03 bits per heavy atom. The van der Waals surface area contributed by atoms with Crippen LogP contribution in [0.1, 0.15) is 80.8 Å². The fraction of sp³-hybridized carbons (Fsp3) is 0.500. The van der Waals surface area contributed by atoms with E-state index in [9.17, 15) is 14.4 Å². The number of anilines is 1. The molecule has 1 aliphatic rings. The van der Waals surface area contributed by atoms with Crippen LogP contribution in [-0.2, 0) is 14.3 Å².